The van der Waals surface area contributed by atoms with E-state index >= 15 is 0 Å². The Morgan fingerprint density at radius 1 is 0.444 bits per heavy atom. The molecule has 3 unspecified atom stereocenters. The molecule has 7 aromatic carbocycles. The van der Waals surface area contributed by atoms with Crippen LogP contribution in [0.1, 0.15) is 28.3 Å². The van der Waals surface area contributed by atoms with Gasteiger partial charge in [0.05, 0.1) is 40.7 Å². The molecule has 3 N–H and O–H groups in total. The van der Waals surface area contributed by atoms with Crippen LogP contribution in [0, 0.1) is 0 Å². The van der Waals surface area contributed by atoms with Gasteiger partial charge >= 0.3 is 0 Å². The van der Waals surface area contributed by atoms with Gasteiger partial charge in [0.15, 0.2) is 0 Å². The smallest absolute Gasteiger partial charge is 0.0715 e. The molecule has 8 aromatic rings. The summed E-state index contributed by atoms with van der Waals surface area (Å²) < 4.78 is 0. The molecular weight excluding hydrogens is 657 g/mol. The van der Waals surface area contributed by atoms with Crippen LogP contribution in [0.5, 0.6) is 0 Å². The first-order valence-electron chi connectivity index (χ1n) is 18.7. The molecule has 3 aliphatic rings. The summed E-state index contributed by atoms with van der Waals surface area (Å²) in [6, 6.07) is 52.6. The number of anilines is 3. The van der Waals surface area contributed by atoms with Crippen LogP contribution in [0.3, 0.4) is 0 Å². The van der Waals surface area contributed by atoms with Crippen molar-refractivity contribution in [2.45, 2.75) is 18.1 Å². The Morgan fingerprint density at radius 3 is 1.98 bits per heavy atom. The van der Waals surface area contributed by atoms with Crippen LogP contribution in [0.2, 0.25) is 0 Å². The summed E-state index contributed by atoms with van der Waals surface area (Å²) in [5, 5.41) is 17.8. The molecular formula is C50H36N4. The monoisotopic (exact) mass is 692 g/mol. The van der Waals surface area contributed by atoms with E-state index in [2.05, 4.69) is 198 Å². The third-order valence-corrected chi connectivity index (χ3v) is 11.3. The zero-order chi connectivity index (χ0) is 35.6. The zero-order valence-electron chi connectivity index (χ0n) is 29.5. The molecule has 256 valence electrons. The van der Waals surface area contributed by atoms with Gasteiger partial charge in [-0.05, 0) is 79.2 Å². The molecule has 3 aliphatic heterocycles. The first-order chi connectivity index (χ1) is 26.7. The quantitative estimate of drug-likeness (QED) is 0.161. The third-order valence-electron chi connectivity index (χ3n) is 11.3. The number of pyridine rings is 1. The van der Waals surface area contributed by atoms with Crippen LogP contribution in [0.25, 0.3) is 73.1 Å². The number of hydrogen-bond donors (Lipinski definition) is 3. The molecule has 0 saturated heterocycles. The van der Waals surface area contributed by atoms with Gasteiger partial charge in [0.2, 0.25) is 0 Å². The summed E-state index contributed by atoms with van der Waals surface area (Å²) in [7, 11) is 0. The highest BCUT2D eigenvalue weighted by atomic mass is 15.1. The van der Waals surface area contributed by atoms with Crippen LogP contribution in [-0.4, -0.2) is 17.1 Å². The van der Waals surface area contributed by atoms with Gasteiger partial charge < -0.3 is 16.0 Å². The topological polar surface area (TPSA) is 49.0 Å². The molecule has 0 bridgehead atoms. The molecule has 0 fully saturated rings. The Labute approximate surface area is 314 Å². The Morgan fingerprint density at radius 2 is 1.11 bits per heavy atom. The first-order valence-corrected chi connectivity index (χ1v) is 18.7. The lowest BCUT2D eigenvalue weighted by molar-refractivity contribution is 0.786. The largest absolute Gasteiger partial charge is 0.376 e. The Hall–Kier alpha value is -6.91. The number of rotatable bonds is 4. The van der Waals surface area contributed by atoms with Crippen molar-refractivity contribution in [3.8, 4) is 22.4 Å². The van der Waals surface area contributed by atoms with Crippen molar-refractivity contribution in [3.05, 3.63) is 186 Å². The molecule has 0 amide bonds. The van der Waals surface area contributed by atoms with Gasteiger partial charge in [-0.25, -0.2) is 4.98 Å². The number of hydrogen-bond acceptors (Lipinski definition) is 4. The summed E-state index contributed by atoms with van der Waals surface area (Å²) in [6.45, 7) is 0. The maximum absolute atomic E-state index is 5.24. The van der Waals surface area contributed by atoms with E-state index in [0.717, 1.165) is 39.2 Å². The molecule has 1 aromatic heterocycles. The van der Waals surface area contributed by atoms with Crippen LogP contribution in [0.15, 0.2) is 164 Å². The number of benzene rings is 7. The van der Waals surface area contributed by atoms with Crippen molar-refractivity contribution in [1.29, 1.82) is 0 Å². The Kier molecular flexibility index (Phi) is 7.02. The summed E-state index contributed by atoms with van der Waals surface area (Å²) in [5.41, 5.74) is 13.7. The predicted octanol–water partition coefficient (Wildman–Crippen LogP) is 12.4. The average molecular weight is 693 g/mol. The molecule has 4 nitrogen and oxygen atoms in total. The highest BCUT2D eigenvalue weighted by Gasteiger charge is 2.27. The van der Waals surface area contributed by atoms with E-state index in [1.54, 1.807) is 0 Å². The van der Waals surface area contributed by atoms with E-state index in [-0.39, 0.29) is 18.1 Å². The molecule has 3 atom stereocenters. The lowest BCUT2D eigenvalue weighted by atomic mass is 9.92. The summed E-state index contributed by atoms with van der Waals surface area (Å²) in [6.07, 6.45) is 13.5. The van der Waals surface area contributed by atoms with Gasteiger partial charge in [-0.2, -0.15) is 0 Å². The average Bonchev–Trinajstić information content (AvgIpc) is 3.25. The van der Waals surface area contributed by atoms with Crippen molar-refractivity contribution < 1.29 is 0 Å². The Bertz CT molecular complexity index is 2880. The normalized spacial score (nSPS) is 18.0. The Balaban J connectivity index is 0.885. The molecule has 0 spiro atoms. The second kappa shape index (κ2) is 12.4. The highest BCUT2D eigenvalue weighted by Crippen LogP contribution is 2.42. The summed E-state index contributed by atoms with van der Waals surface area (Å²) in [5.74, 6) is 0. The highest BCUT2D eigenvalue weighted by molar-refractivity contribution is 6.14. The van der Waals surface area contributed by atoms with Gasteiger partial charge in [0.1, 0.15) is 0 Å². The van der Waals surface area contributed by atoms with Crippen molar-refractivity contribution >= 4 is 67.7 Å². The van der Waals surface area contributed by atoms with Crippen LogP contribution in [-0.2, 0) is 0 Å². The van der Waals surface area contributed by atoms with Crippen molar-refractivity contribution in [1.82, 2.24) is 4.98 Å². The second-order valence-corrected chi connectivity index (χ2v) is 14.5. The van der Waals surface area contributed by atoms with E-state index in [9.17, 15) is 0 Å². The first kappa shape index (κ1) is 30.7. The second-order valence-electron chi connectivity index (χ2n) is 14.5. The SMILES string of the molecule is C1=CC(C2C=Cc3ccc4c(c3N2)NC(c2ccccc2)C=C4)Nc2cc(-c3ccc4ccc(-c5cc6ccccc6c6ccccc56)cc4n3)ccc21. The molecule has 4 heterocycles. The summed E-state index contributed by atoms with van der Waals surface area (Å²) in [4.78, 5) is 5.24. The number of aromatic nitrogens is 1. The van der Waals surface area contributed by atoms with Gasteiger partial charge in [-0.3, -0.25) is 0 Å². The minimum absolute atomic E-state index is 0.0703. The number of nitrogens with zero attached hydrogens (tertiary/aromatic N) is 1. The lowest BCUT2D eigenvalue weighted by Gasteiger charge is -2.34. The fourth-order valence-corrected chi connectivity index (χ4v) is 8.48. The minimum atomic E-state index is 0.0703. The fraction of sp³-hybridized carbons (Fsp3) is 0.0600. The van der Waals surface area contributed by atoms with Gasteiger partial charge in [-0.1, -0.05) is 158 Å². The van der Waals surface area contributed by atoms with Crippen LogP contribution < -0.4 is 16.0 Å². The van der Waals surface area contributed by atoms with Gasteiger partial charge in [0, 0.05) is 16.6 Å². The van der Waals surface area contributed by atoms with Crippen molar-refractivity contribution in [2.75, 3.05) is 16.0 Å². The lowest BCUT2D eigenvalue weighted by Crippen LogP contribution is -2.39. The summed E-state index contributed by atoms with van der Waals surface area (Å²) >= 11 is 0. The molecule has 0 radical (unpaired) electrons. The van der Waals surface area contributed by atoms with E-state index in [1.807, 2.05) is 0 Å². The number of fused-ring (bicyclic) bond motifs is 8. The maximum atomic E-state index is 5.24. The molecule has 11 rings (SSSR count). The minimum Gasteiger partial charge on any atom is -0.376 e. The molecule has 0 saturated carbocycles. The molecule has 54 heavy (non-hydrogen) atoms. The van der Waals surface area contributed by atoms with Gasteiger partial charge in [0.25, 0.3) is 0 Å². The molecule has 4 heteroatoms. The van der Waals surface area contributed by atoms with Crippen LogP contribution in [0.4, 0.5) is 17.1 Å². The van der Waals surface area contributed by atoms with Crippen molar-refractivity contribution in [3.63, 3.8) is 0 Å². The fourth-order valence-electron chi connectivity index (χ4n) is 8.48. The third kappa shape index (κ3) is 5.18. The predicted molar refractivity (Wildman–Crippen MR) is 229 cm³/mol. The van der Waals surface area contributed by atoms with Crippen LogP contribution >= 0.6 is 0 Å². The van der Waals surface area contributed by atoms with E-state index in [1.165, 1.54) is 54.9 Å². The maximum Gasteiger partial charge on any atom is 0.0715 e. The molecule has 0 aliphatic carbocycles. The standard InChI is InChI=1S/C50H36N4/c1-2-8-31(9-3-1)43-25-22-34-16-17-35-23-27-46(54-50(35)49(34)53-43)45-26-21-33-15-19-38(30-48(33)52-45)44-24-20-32-14-18-37(29-47(32)51-44)42-28-36-10-4-5-11-39(36)40-12-6-7-13-41(40)42/h1-30,43,45-46,52-54H. The van der Waals surface area contributed by atoms with Crippen molar-refractivity contribution in [2.24, 2.45) is 0 Å². The zero-order valence-corrected chi connectivity index (χ0v) is 29.5. The van der Waals surface area contributed by atoms with Gasteiger partial charge in [-0.15, -0.1) is 0 Å². The van der Waals surface area contributed by atoms with E-state index in [4.69, 9.17) is 4.98 Å². The van der Waals surface area contributed by atoms with E-state index < -0.39 is 0 Å². The number of nitrogens with one attached hydrogen (secondary N) is 3. The van der Waals surface area contributed by atoms with E-state index in [0.29, 0.717) is 0 Å².